The van der Waals surface area contributed by atoms with Crippen molar-refractivity contribution in [1.82, 2.24) is 14.8 Å². The quantitative estimate of drug-likeness (QED) is 0.823. The van der Waals surface area contributed by atoms with Crippen LogP contribution in [0.15, 0.2) is 12.7 Å². The summed E-state index contributed by atoms with van der Waals surface area (Å²) >= 11 is 0. The van der Waals surface area contributed by atoms with Crippen molar-refractivity contribution in [2.75, 3.05) is 6.61 Å². The maximum absolute atomic E-state index is 6.26. The predicted molar refractivity (Wildman–Crippen MR) is 70.4 cm³/mol. The number of nitrogens with zero attached hydrogens (tertiary/aromatic N) is 3. The molecule has 1 spiro atoms. The van der Waals surface area contributed by atoms with E-state index in [1.54, 1.807) is 12.7 Å². The minimum absolute atomic E-state index is 0.0859. The summed E-state index contributed by atoms with van der Waals surface area (Å²) in [4.78, 5) is 3.96. The van der Waals surface area contributed by atoms with Crippen molar-refractivity contribution in [3.05, 3.63) is 12.7 Å². The second kappa shape index (κ2) is 4.56. The molecule has 2 aliphatic rings. The molecule has 0 radical (unpaired) electrons. The van der Waals surface area contributed by atoms with Gasteiger partial charge in [-0.1, -0.05) is 20.8 Å². The van der Waals surface area contributed by atoms with Crippen LogP contribution in [0, 0.1) is 11.3 Å². The van der Waals surface area contributed by atoms with Crippen molar-refractivity contribution in [1.29, 1.82) is 0 Å². The molecule has 0 unspecified atom stereocenters. The fraction of sp³-hybridized carbons (Fsp3) is 0.857. The molecule has 106 valence electrons. The van der Waals surface area contributed by atoms with Crippen LogP contribution in [0.1, 0.15) is 40.0 Å². The van der Waals surface area contributed by atoms with Gasteiger partial charge in [0.2, 0.25) is 0 Å². The molecule has 5 nitrogen and oxygen atoms in total. The van der Waals surface area contributed by atoms with Crippen LogP contribution in [0.2, 0.25) is 0 Å². The summed E-state index contributed by atoms with van der Waals surface area (Å²) in [5.41, 5.74) is 0.291. The SMILES string of the molecule is C[C@@H]1CC(C)(C)C[C@]2(C1)OC[C@H](Cn1cncn1)O2. The van der Waals surface area contributed by atoms with E-state index in [9.17, 15) is 0 Å². The van der Waals surface area contributed by atoms with Gasteiger partial charge in [0.1, 0.15) is 18.8 Å². The molecule has 2 fully saturated rings. The van der Waals surface area contributed by atoms with Gasteiger partial charge in [0.15, 0.2) is 5.79 Å². The summed E-state index contributed by atoms with van der Waals surface area (Å²) in [5, 5.41) is 4.13. The van der Waals surface area contributed by atoms with Gasteiger partial charge in [0.25, 0.3) is 0 Å². The van der Waals surface area contributed by atoms with Gasteiger partial charge in [-0.25, -0.2) is 4.98 Å². The summed E-state index contributed by atoms with van der Waals surface area (Å²) in [6.07, 6.45) is 6.60. The average Bonchev–Trinajstić information content (AvgIpc) is 2.87. The van der Waals surface area contributed by atoms with Crippen molar-refractivity contribution < 1.29 is 9.47 Å². The van der Waals surface area contributed by atoms with Crippen LogP contribution >= 0.6 is 0 Å². The average molecular weight is 265 g/mol. The normalized spacial score (nSPS) is 37.8. The molecule has 5 heteroatoms. The largest absolute Gasteiger partial charge is 0.347 e. The van der Waals surface area contributed by atoms with Crippen LogP contribution in [0.5, 0.6) is 0 Å². The maximum Gasteiger partial charge on any atom is 0.169 e. The standard InChI is InChI=1S/C14H23N3O2/c1-11-4-13(2,3)8-14(5-11)18-7-12(19-14)6-17-10-15-9-16-17/h9-12H,4-8H2,1-3H3/t11-,12+,14-/m1/s1. The highest BCUT2D eigenvalue weighted by Crippen LogP contribution is 2.48. The summed E-state index contributed by atoms with van der Waals surface area (Å²) in [6.45, 7) is 8.28. The minimum Gasteiger partial charge on any atom is -0.347 e. The molecule has 19 heavy (non-hydrogen) atoms. The summed E-state index contributed by atoms with van der Waals surface area (Å²) in [5.74, 6) is 0.278. The summed E-state index contributed by atoms with van der Waals surface area (Å²) in [7, 11) is 0. The third-order valence-corrected chi connectivity index (χ3v) is 4.08. The van der Waals surface area contributed by atoms with E-state index >= 15 is 0 Å². The Kier molecular flexibility index (Phi) is 3.14. The molecule has 1 aromatic heterocycles. The zero-order chi connectivity index (χ0) is 13.5. The second-order valence-corrected chi connectivity index (χ2v) is 6.93. The van der Waals surface area contributed by atoms with E-state index < -0.39 is 0 Å². The van der Waals surface area contributed by atoms with Crippen LogP contribution in [0.25, 0.3) is 0 Å². The topological polar surface area (TPSA) is 49.2 Å². The number of hydrogen-bond donors (Lipinski definition) is 0. The lowest BCUT2D eigenvalue weighted by molar-refractivity contribution is -0.217. The number of ether oxygens (including phenoxy) is 2. The lowest BCUT2D eigenvalue weighted by atomic mass is 9.70. The molecule has 0 N–H and O–H groups in total. The first-order valence-electron chi connectivity index (χ1n) is 7.11. The highest BCUT2D eigenvalue weighted by molar-refractivity contribution is 4.92. The van der Waals surface area contributed by atoms with Crippen LogP contribution in [-0.2, 0) is 16.0 Å². The highest BCUT2D eigenvalue weighted by Gasteiger charge is 2.49. The Hall–Kier alpha value is -0.940. The smallest absolute Gasteiger partial charge is 0.169 e. The number of rotatable bonds is 2. The van der Waals surface area contributed by atoms with Crippen molar-refractivity contribution in [3.63, 3.8) is 0 Å². The van der Waals surface area contributed by atoms with Gasteiger partial charge in [0, 0.05) is 12.8 Å². The first-order chi connectivity index (χ1) is 8.96. The fourth-order valence-corrected chi connectivity index (χ4v) is 3.86. The first-order valence-corrected chi connectivity index (χ1v) is 7.11. The van der Waals surface area contributed by atoms with Gasteiger partial charge in [-0.05, 0) is 17.8 Å². The molecule has 1 aliphatic heterocycles. The van der Waals surface area contributed by atoms with E-state index in [-0.39, 0.29) is 11.9 Å². The minimum atomic E-state index is -0.369. The zero-order valence-electron chi connectivity index (χ0n) is 12.0. The molecule has 0 amide bonds. The highest BCUT2D eigenvalue weighted by atomic mass is 16.7. The third-order valence-electron chi connectivity index (χ3n) is 4.08. The Morgan fingerprint density at radius 2 is 2.21 bits per heavy atom. The molecule has 0 bridgehead atoms. The molecule has 0 aromatic carbocycles. The molecule has 1 saturated heterocycles. The van der Waals surface area contributed by atoms with Gasteiger partial charge in [-0.15, -0.1) is 0 Å². The molecular weight excluding hydrogens is 242 g/mol. The Morgan fingerprint density at radius 3 is 2.89 bits per heavy atom. The first kappa shape index (κ1) is 13.1. The van der Waals surface area contributed by atoms with Crippen molar-refractivity contribution in [3.8, 4) is 0 Å². The van der Waals surface area contributed by atoms with Crippen LogP contribution in [-0.4, -0.2) is 33.3 Å². The zero-order valence-corrected chi connectivity index (χ0v) is 12.0. The molecule has 3 rings (SSSR count). The van der Waals surface area contributed by atoms with E-state index in [0.29, 0.717) is 17.9 Å². The van der Waals surface area contributed by atoms with Crippen LogP contribution < -0.4 is 0 Å². The Balaban J connectivity index is 1.67. The molecule has 1 aliphatic carbocycles. The van der Waals surface area contributed by atoms with E-state index in [2.05, 4.69) is 30.9 Å². The second-order valence-electron chi connectivity index (χ2n) is 6.93. The third kappa shape index (κ3) is 2.82. The van der Waals surface area contributed by atoms with Crippen molar-refractivity contribution >= 4 is 0 Å². The van der Waals surface area contributed by atoms with Gasteiger partial charge in [0.05, 0.1) is 13.2 Å². The van der Waals surface area contributed by atoms with E-state index in [4.69, 9.17) is 9.47 Å². The van der Waals surface area contributed by atoms with Crippen LogP contribution in [0.4, 0.5) is 0 Å². The van der Waals surface area contributed by atoms with Gasteiger partial charge in [-0.3, -0.25) is 4.68 Å². The number of hydrogen-bond acceptors (Lipinski definition) is 4. The van der Waals surface area contributed by atoms with Gasteiger partial charge >= 0.3 is 0 Å². The van der Waals surface area contributed by atoms with E-state index in [1.807, 2.05) is 4.68 Å². The van der Waals surface area contributed by atoms with E-state index in [0.717, 1.165) is 19.4 Å². The monoisotopic (exact) mass is 265 g/mol. The molecule has 2 heterocycles. The molecule has 1 aromatic rings. The van der Waals surface area contributed by atoms with E-state index in [1.165, 1.54) is 6.42 Å². The van der Waals surface area contributed by atoms with Crippen LogP contribution in [0.3, 0.4) is 0 Å². The van der Waals surface area contributed by atoms with Crippen molar-refractivity contribution in [2.45, 2.75) is 58.5 Å². The number of aromatic nitrogens is 3. The summed E-state index contributed by atoms with van der Waals surface area (Å²) in [6, 6.07) is 0. The Bertz CT molecular complexity index is 432. The Labute approximate surface area is 114 Å². The van der Waals surface area contributed by atoms with Crippen molar-refractivity contribution in [2.24, 2.45) is 11.3 Å². The maximum atomic E-state index is 6.26. The Morgan fingerprint density at radius 1 is 1.37 bits per heavy atom. The van der Waals surface area contributed by atoms with Gasteiger partial charge in [-0.2, -0.15) is 5.10 Å². The molecule has 3 atom stereocenters. The molecule has 1 saturated carbocycles. The lowest BCUT2D eigenvalue weighted by Gasteiger charge is -2.44. The molecular formula is C14H23N3O2. The fourth-order valence-electron chi connectivity index (χ4n) is 3.86. The summed E-state index contributed by atoms with van der Waals surface area (Å²) < 4.78 is 14.1. The predicted octanol–water partition coefficient (Wildman–Crippen LogP) is 2.24. The van der Waals surface area contributed by atoms with Gasteiger partial charge < -0.3 is 9.47 Å². The lowest BCUT2D eigenvalue weighted by Crippen LogP contribution is -2.43.